The third-order valence-corrected chi connectivity index (χ3v) is 9.03. The van der Waals surface area contributed by atoms with Crippen molar-refractivity contribution in [2.75, 3.05) is 26.2 Å². The van der Waals surface area contributed by atoms with Crippen molar-refractivity contribution >= 4 is 6.03 Å². The third kappa shape index (κ3) is 2.65. The molecule has 2 amide bonds. The fraction of sp³-hybridized carbons (Fsp3) is 0.783. The van der Waals surface area contributed by atoms with E-state index in [0.717, 1.165) is 69.3 Å². The first-order chi connectivity index (χ1) is 15.6. The van der Waals surface area contributed by atoms with Crippen LogP contribution in [0.4, 0.5) is 4.79 Å². The van der Waals surface area contributed by atoms with Crippen LogP contribution in [0.2, 0.25) is 0 Å². The number of carbonyl (C=O) groups excluding carboxylic acids is 1. The number of carbonyl (C=O) groups is 1. The Balaban J connectivity index is 0.809. The quantitative estimate of drug-likeness (QED) is 0.798. The Kier molecular flexibility index (Phi) is 3.33. The van der Waals surface area contributed by atoms with Crippen LogP contribution in [0.5, 0.6) is 0 Å². The van der Waals surface area contributed by atoms with Gasteiger partial charge in [0.25, 0.3) is 0 Å². The minimum absolute atomic E-state index is 0.249. The highest BCUT2D eigenvalue weighted by Gasteiger charge is 2.59. The number of nitrogens with one attached hydrogen (secondary N) is 1. The van der Waals surface area contributed by atoms with Crippen molar-refractivity contribution in [2.24, 2.45) is 10.8 Å². The van der Waals surface area contributed by atoms with Gasteiger partial charge in [-0.05, 0) is 51.4 Å². The number of rotatable bonds is 4. The van der Waals surface area contributed by atoms with Crippen LogP contribution < -0.4 is 0 Å². The molecule has 1 N–H and O–H groups in total. The van der Waals surface area contributed by atoms with Crippen LogP contribution in [0.3, 0.4) is 0 Å². The summed E-state index contributed by atoms with van der Waals surface area (Å²) >= 11 is 0. The highest BCUT2D eigenvalue weighted by Crippen LogP contribution is 2.57. The molecule has 0 unspecified atom stereocenters. The van der Waals surface area contributed by atoms with Crippen molar-refractivity contribution in [3.8, 4) is 0 Å². The van der Waals surface area contributed by atoms with Crippen molar-refractivity contribution in [1.29, 1.82) is 0 Å². The SMILES string of the molecule is O=C(N1CC2(CC(c3n[nH]c(C4CC4)n3)C2)C1)N1CC2(CC(n3cnc(C4CC4)n3)C2)C1. The van der Waals surface area contributed by atoms with Crippen molar-refractivity contribution in [3.63, 3.8) is 0 Å². The van der Waals surface area contributed by atoms with E-state index in [1.165, 1.54) is 25.7 Å². The van der Waals surface area contributed by atoms with Crippen LogP contribution >= 0.6 is 0 Å². The maximum atomic E-state index is 12.9. The normalized spacial score (nSPS) is 28.4. The summed E-state index contributed by atoms with van der Waals surface area (Å²) in [4.78, 5) is 26.3. The van der Waals surface area contributed by atoms with E-state index >= 15 is 0 Å². The molecular weight excluding hydrogens is 404 g/mol. The minimum atomic E-state index is 0.249. The summed E-state index contributed by atoms with van der Waals surface area (Å²) < 4.78 is 2.08. The molecule has 0 radical (unpaired) electrons. The first kappa shape index (κ1) is 18.0. The fourth-order valence-corrected chi connectivity index (χ4v) is 6.81. The van der Waals surface area contributed by atoms with Gasteiger partial charge in [-0.3, -0.25) is 5.10 Å². The van der Waals surface area contributed by atoms with Crippen LogP contribution in [-0.4, -0.2) is 72.0 Å². The van der Waals surface area contributed by atoms with Crippen LogP contribution in [-0.2, 0) is 0 Å². The van der Waals surface area contributed by atoms with E-state index in [1.54, 1.807) is 0 Å². The summed E-state index contributed by atoms with van der Waals surface area (Å²) in [6.45, 7) is 3.66. The van der Waals surface area contributed by atoms with Gasteiger partial charge in [-0.1, -0.05) is 0 Å². The van der Waals surface area contributed by atoms with E-state index in [4.69, 9.17) is 10.1 Å². The van der Waals surface area contributed by atoms with Crippen LogP contribution in [0.25, 0.3) is 0 Å². The van der Waals surface area contributed by atoms with Crippen LogP contribution in [0, 0.1) is 10.8 Å². The molecular formula is C23H30N8O. The van der Waals surface area contributed by atoms with Gasteiger partial charge in [0.2, 0.25) is 0 Å². The molecule has 2 aromatic heterocycles. The van der Waals surface area contributed by atoms with Gasteiger partial charge in [-0.25, -0.2) is 19.4 Å². The Morgan fingerprint density at radius 3 is 2.19 bits per heavy atom. The molecule has 4 saturated carbocycles. The van der Waals surface area contributed by atoms with Gasteiger partial charge in [-0.15, -0.1) is 0 Å². The lowest BCUT2D eigenvalue weighted by Crippen LogP contribution is -2.70. The number of likely N-dealkylation sites (tertiary alicyclic amines) is 2. The zero-order valence-corrected chi connectivity index (χ0v) is 18.4. The lowest BCUT2D eigenvalue weighted by molar-refractivity contribution is -0.0990. The van der Waals surface area contributed by atoms with E-state index < -0.39 is 0 Å². The number of H-pyrrole nitrogens is 1. The summed E-state index contributed by atoms with van der Waals surface area (Å²) in [7, 11) is 0. The summed E-state index contributed by atoms with van der Waals surface area (Å²) in [5.74, 6) is 4.85. The fourth-order valence-electron chi connectivity index (χ4n) is 6.81. The second-order valence-corrected chi connectivity index (χ2v) is 11.9. The number of aromatic amines is 1. The summed E-state index contributed by atoms with van der Waals surface area (Å²) in [6, 6.07) is 0.723. The molecule has 168 valence electrons. The Labute approximate surface area is 187 Å². The number of hydrogen-bond acceptors (Lipinski definition) is 5. The van der Waals surface area contributed by atoms with Gasteiger partial charge in [0.15, 0.2) is 11.6 Å². The summed E-state index contributed by atoms with van der Waals surface area (Å²) in [6.07, 6.45) is 11.4. The van der Waals surface area contributed by atoms with E-state index in [2.05, 4.69) is 29.7 Å². The van der Waals surface area contributed by atoms with E-state index in [1.807, 2.05) is 6.33 Å². The number of nitrogens with zero attached hydrogens (tertiary/aromatic N) is 7. The van der Waals surface area contributed by atoms with Gasteiger partial charge in [-0.2, -0.15) is 10.2 Å². The highest BCUT2D eigenvalue weighted by atomic mass is 16.2. The zero-order valence-electron chi connectivity index (χ0n) is 18.4. The molecule has 2 aromatic rings. The average molecular weight is 435 g/mol. The smallest absolute Gasteiger partial charge is 0.320 e. The van der Waals surface area contributed by atoms with E-state index in [-0.39, 0.29) is 6.03 Å². The number of amides is 2. The monoisotopic (exact) mass is 434 g/mol. The van der Waals surface area contributed by atoms with Gasteiger partial charge in [0.05, 0.1) is 6.04 Å². The molecule has 0 bridgehead atoms. The largest absolute Gasteiger partial charge is 0.323 e. The number of urea groups is 1. The Bertz CT molecular complexity index is 985. The van der Waals surface area contributed by atoms with Crippen LogP contribution in [0.15, 0.2) is 6.33 Å². The summed E-state index contributed by atoms with van der Waals surface area (Å²) in [5.41, 5.74) is 0.665. The Morgan fingerprint density at radius 1 is 0.875 bits per heavy atom. The zero-order chi connectivity index (χ0) is 21.1. The van der Waals surface area contributed by atoms with Crippen molar-refractivity contribution < 1.29 is 4.79 Å². The molecule has 2 spiro atoms. The molecule has 4 heterocycles. The molecule has 6 fully saturated rings. The summed E-state index contributed by atoms with van der Waals surface area (Å²) in [5, 5.41) is 12.3. The molecule has 0 atom stereocenters. The maximum absolute atomic E-state index is 12.9. The highest BCUT2D eigenvalue weighted by molar-refractivity contribution is 5.77. The molecule has 0 aromatic carbocycles. The van der Waals surface area contributed by atoms with Gasteiger partial charge < -0.3 is 9.80 Å². The van der Waals surface area contributed by atoms with Crippen molar-refractivity contribution in [3.05, 3.63) is 23.8 Å². The Hall–Kier alpha value is -2.45. The van der Waals surface area contributed by atoms with Crippen LogP contribution in [0.1, 0.15) is 92.6 Å². The first-order valence-electron chi connectivity index (χ1n) is 12.4. The van der Waals surface area contributed by atoms with Crippen molar-refractivity contribution in [1.82, 2.24) is 39.7 Å². The van der Waals surface area contributed by atoms with Gasteiger partial charge >= 0.3 is 6.03 Å². The first-order valence-corrected chi connectivity index (χ1v) is 12.4. The topological polar surface area (TPSA) is 95.8 Å². The molecule has 32 heavy (non-hydrogen) atoms. The molecule has 2 aliphatic heterocycles. The van der Waals surface area contributed by atoms with Crippen molar-refractivity contribution in [2.45, 2.75) is 75.2 Å². The maximum Gasteiger partial charge on any atom is 0.320 e. The standard InChI is InChI=1S/C23H30N8O/c32-21(29-9-22(10-29)5-16(6-22)20-25-19(26-27-20)15-3-4-15)30-11-23(12-30)7-17(8-23)31-13-24-18(28-31)14-1-2-14/h13-17H,1-12H2,(H,25,26,27). The van der Waals surface area contributed by atoms with Gasteiger partial charge in [0, 0.05) is 54.8 Å². The molecule has 4 aliphatic carbocycles. The average Bonchev–Trinajstić information content (AvgIpc) is 3.59. The minimum Gasteiger partial charge on any atom is -0.323 e. The Morgan fingerprint density at radius 2 is 1.53 bits per heavy atom. The predicted molar refractivity (Wildman–Crippen MR) is 114 cm³/mol. The second kappa shape index (κ2) is 5.91. The molecule has 9 heteroatoms. The third-order valence-electron chi connectivity index (χ3n) is 9.03. The second-order valence-electron chi connectivity index (χ2n) is 11.9. The molecule has 9 nitrogen and oxygen atoms in total. The number of hydrogen-bond donors (Lipinski definition) is 1. The van der Waals surface area contributed by atoms with Gasteiger partial charge in [0.1, 0.15) is 12.2 Å². The predicted octanol–water partition coefficient (Wildman–Crippen LogP) is 2.79. The lowest BCUT2D eigenvalue weighted by atomic mass is 9.57. The van der Waals surface area contributed by atoms with E-state index in [0.29, 0.717) is 34.6 Å². The number of aromatic nitrogens is 6. The van der Waals surface area contributed by atoms with E-state index in [9.17, 15) is 4.79 Å². The molecule has 8 rings (SSSR count). The molecule has 6 aliphatic rings. The molecule has 2 saturated heterocycles. The lowest BCUT2D eigenvalue weighted by Gasteiger charge is -2.63.